The Hall–Kier alpha value is -1.78. The van der Waals surface area contributed by atoms with Crippen LogP contribution in [0.25, 0.3) is 10.1 Å². The van der Waals surface area contributed by atoms with Crippen molar-refractivity contribution in [2.24, 2.45) is 0 Å². The quantitative estimate of drug-likeness (QED) is 0.641. The van der Waals surface area contributed by atoms with E-state index in [9.17, 15) is 4.79 Å². The molecule has 1 aliphatic heterocycles. The summed E-state index contributed by atoms with van der Waals surface area (Å²) in [6.07, 6.45) is 2.07. The van der Waals surface area contributed by atoms with Crippen LogP contribution in [0.3, 0.4) is 0 Å². The van der Waals surface area contributed by atoms with Crippen LogP contribution in [0.4, 0.5) is 0 Å². The summed E-state index contributed by atoms with van der Waals surface area (Å²) in [6, 6.07) is 12.1. The Labute approximate surface area is 137 Å². The van der Waals surface area contributed by atoms with E-state index in [0.717, 1.165) is 16.6 Å². The van der Waals surface area contributed by atoms with Crippen LogP contribution >= 0.6 is 22.9 Å². The predicted octanol–water partition coefficient (Wildman–Crippen LogP) is 4.57. The molecule has 0 aliphatic carbocycles. The number of hydrogen-bond donors (Lipinski definition) is 0. The van der Waals surface area contributed by atoms with Crippen molar-refractivity contribution in [3.63, 3.8) is 0 Å². The molecule has 22 heavy (non-hydrogen) atoms. The Bertz CT molecular complexity index is 867. The zero-order valence-corrected chi connectivity index (χ0v) is 13.7. The molecule has 0 bridgehead atoms. The Morgan fingerprint density at radius 2 is 2.05 bits per heavy atom. The van der Waals surface area contributed by atoms with Crippen molar-refractivity contribution in [1.29, 1.82) is 0 Å². The monoisotopic (exact) mass is 330 g/mol. The van der Waals surface area contributed by atoms with Crippen molar-refractivity contribution in [3.05, 3.63) is 58.2 Å². The molecule has 0 saturated heterocycles. The molecule has 3 aromatic rings. The number of hydrogen-bond acceptors (Lipinski definition) is 2. The molecule has 0 spiro atoms. The first-order chi connectivity index (χ1) is 10.7. The van der Waals surface area contributed by atoms with E-state index in [1.807, 2.05) is 35.2 Å². The van der Waals surface area contributed by atoms with Crippen molar-refractivity contribution in [2.45, 2.75) is 19.5 Å². The lowest BCUT2D eigenvalue weighted by Gasteiger charge is -2.34. The summed E-state index contributed by atoms with van der Waals surface area (Å²) in [7, 11) is 0. The van der Waals surface area contributed by atoms with Crippen molar-refractivity contribution in [2.75, 3.05) is 6.54 Å². The van der Waals surface area contributed by atoms with E-state index in [4.69, 9.17) is 11.6 Å². The lowest BCUT2D eigenvalue weighted by atomic mass is 10.1. The lowest BCUT2D eigenvalue weighted by Crippen LogP contribution is -2.40. The first-order valence-electron chi connectivity index (χ1n) is 7.30. The van der Waals surface area contributed by atoms with Gasteiger partial charge in [0, 0.05) is 35.1 Å². The molecule has 1 aliphatic rings. The highest BCUT2D eigenvalue weighted by molar-refractivity contribution is 7.21. The van der Waals surface area contributed by atoms with Crippen LogP contribution in [-0.4, -0.2) is 21.9 Å². The van der Waals surface area contributed by atoms with E-state index in [2.05, 4.69) is 23.8 Å². The van der Waals surface area contributed by atoms with Gasteiger partial charge in [-0.25, -0.2) is 0 Å². The van der Waals surface area contributed by atoms with Gasteiger partial charge in [0.05, 0.1) is 11.1 Å². The van der Waals surface area contributed by atoms with Crippen LogP contribution in [0.2, 0.25) is 5.02 Å². The van der Waals surface area contributed by atoms with Gasteiger partial charge in [0.2, 0.25) is 0 Å². The highest BCUT2D eigenvalue weighted by Gasteiger charge is 2.30. The van der Waals surface area contributed by atoms with Gasteiger partial charge in [-0.1, -0.05) is 29.8 Å². The number of aromatic nitrogens is 1. The van der Waals surface area contributed by atoms with Crippen molar-refractivity contribution in [3.8, 4) is 0 Å². The number of nitrogens with zero attached hydrogens (tertiary/aromatic N) is 2. The highest BCUT2D eigenvalue weighted by Crippen LogP contribution is 2.37. The van der Waals surface area contributed by atoms with E-state index in [1.165, 1.54) is 17.0 Å². The van der Waals surface area contributed by atoms with Gasteiger partial charge in [0.25, 0.3) is 5.91 Å². The number of carbonyl (C=O) groups excluding carboxylic acids is 1. The first-order valence-corrected chi connectivity index (χ1v) is 8.49. The number of rotatable bonds is 1. The number of carbonyl (C=O) groups is 1. The molecule has 0 fully saturated rings. The van der Waals surface area contributed by atoms with Crippen LogP contribution in [0.5, 0.6) is 0 Å². The summed E-state index contributed by atoms with van der Waals surface area (Å²) in [6.45, 7) is 3.62. The van der Waals surface area contributed by atoms with Crippen molar-refractivity contribution in [1.82, 2.24) is 9.47 Å². The summed E-state index contributed by atoms with van der Waals surface area (Å²) in [5.74, 6) is 0.0335. The van der Waals surface area contributed by atoms with Crippen molar-refractivity contribution >= 4 is 38.9 Å². The summed E-state index contributed by atoms with van der Waals surface area (Å²) < 4.78 is 3.27. The zero-order valence-electron chi connectivity index (χ0n) is 12.1. The van der Waals surface area contributed by atoms with E-state index in [-0.39, 0.29) is 11.9 Å². The molecule has 4 rings (SSSR count). The Morgan fingerprint density at radius 1 is 1.23 bits per heavy atom. The van der Waals surface area contributed by atoms with E-state index in [1.54, 1.807) is 0 Å². The largest absolute Gasteiger partial charge is 0.348 e. The maximum atomic E-state index is 13.0. The molecule has 5 heteroatoms. The third kappa shape index (κ3) is 1.98. The second kappa shape index (κ2) is 5.14. The summed E-state index contributed by atoms with van der Waals surface area (Å²) in [4.78, 5) is 15.5. The smallest absolute Gasteiger partial charge is 0.266 e. The van der Waals surface area contributed by atoms with E-state index < -0.39 is 0 Å². The molecule has 3 nitrogen and oxygen atoms in total. The number of fused-ring (bicyclic) bond motifs is 2. The van der Waals surface area contributed by atoms with Gasteiger partial charge in [-0.05, 0) is 25.1 Å². The number of thiophene rings is 1. The second-order valence-corrected chi connectivity index (χ2v) is 6.97. The molecule has 0 saturated carbocycles. The highest BCUT2D eigenvalue weighted by atomic mass is 35.5. The van der Waals surface area contributed by atoms with Gasteiger partial charge >= 0.3 is 0 Å². The Balaban J connectivity index is 1.74. The molecule has 3 heterocycles. The van der Waals surface area contributed by atoms with Gasteiger partial charge in [-0.15, -0.1) is 11.3 Å². The Kier molecular flexibility index (Phi) is 3.24. The van der Waals surface area contributed by atoms with Crippen LogP contribution in [0.1, 0.15) is 28.3 Å². The zero-order chi connectivity index (χ0) is 15.3. The molecule has 112 valence electrons. The SMILES string of the molecule is C[C@@H]1c2cccn2CCN1C(=O)c1sc2ccccc2c1Cl. The summed E-state index contributed by atoms with van der Waals surface area (Å²) >= 11 is 7.94. The Morgan fingerprint density at radius 3 is 2.86 bits per heavy atom. The number of halogens is 1. The minimum atomic E-state index is 0.0335. The van der Waals surface area contributed by atoms with Crippen LogP contribution in [-0.2, 0) is 6.54 Å². The summed E-state index contributed by atoms with van der Waals surface area (Å²) in [5, 5.41) is 1.55. The topological polar surface area (TPSA) is 25.2 Å². The minimum absolute atomic E-state index is 0.0335. The van der Waals surface area contributed by atoms with Gasteiger partial charge in [0.1, 0.15) is 4.88 Å². The molecular weight excluding hydrogens is 316 g/mol. The molecule has 1 aromatic carbocycles. The standard InChI is InChI=1S/C17H15ClN2OS/c1-11-13-6-4-8-19(13)9-10-20(11)17(21)16-15(18)12-5-2-3-7-14(12)22-16/h2-8,11H,9-10H2,1H3/t11-/m1/s1. The molecule has 0 radical (unpaired) electrons. The van der Waals surface area contributed by atoms with Gasteiger partial charge in [0.15, 0.2) is 0 Å². The van der Waals surface area contributed by atoms with Crippen LogP contribution < -0.4 is 0 Å². The average molecular weight is 331 g/mol. The third-order valence-electron chi connectivity index (χ3n) is 4.33. The third-order valence-corrected chi connectivity index (χ3v) is 6.00. The maximum Gasteiger partial charge on any atom is 0.266 e. The maximum absolute atomic E-state index is 13.0. The molecule has 0 N–H and O–H groups in total. The van der Waals surface area contributed by atoms with Gasteiger partial charge < -0.3 is 9.47 Å². The lowest BCUT2D eigenvalue weighted by molar-refractivity contribution is 0.0649. The fraction of sp³-hybridized carbons (Fsp3) is 0.235. The van der Waals surface area contributed by atoms with E-state index >= 15 is 0 Å². The fourth-order valence-electron chi connectivity index (χ4n) is 3.14. The average Bonchev–Trinajstić information content (AvgIpc) is 3.13. The first kappa shape index (κ1) is 13.9. The predicted molar refractivity (Wildman–Crippen MR) is 90.7 cm³/mol. The van der Waals surface area contributed by atoms with Gasteiger partial charge in [-0.2, -0.15) is 0 Å². The van der Waals surface area contributed by atoms with E-state index in [0.29, 0.717) is 16.4 Å². The fourth-order valence-corrected chi connectivity index (χ4v) is 4.61. The molecule has 1 amide bonds. The van der Waals surface area contributed by atoms with Crippen LogP contribution in [0, 0.1) is 0 Å². The van der Waals surface area contributed by atoms with Crippen LogP contribution in [0.15, 0.2) is 42.6 Å². The van der Waals surface area contributed by atoms with Crippen molar-refractivity contribution < 1.29 is 4.79 Å². The normalized spacial score (nSPS) is 17.7. The molecule has 0 unspecified atom stereocenters. The minimum Gasteiger partial charge on any atom is -0.348 e. The molecular formula is C17H15ClN2OS. The van der Waals surface area contributed by atoms with Gasteiger partial charge in [-0.3, -0.25) is 4.79 Å². The number of benzene rings is 1. The summed E-state index contributed by atoms with van der Waals surface area (Å²) in [5.41, 5.74) is 1.18. The second-order valence-electron chi connectivity index (χ2n) is 5.54. The molecule has 1 atom stereocenters. The number of amides is 1. The molecule has 2 aromatic heterocycles.